The fourth-order valence-corrected chi connectivity index (χ4v) is 3.51. The second-order valence-electron chi connectivity index (χ2n) is 6.22. The maximum Gasteiger partial charge on any atom is 0.209 e. The van der Waals surface area contributed by atoms with Crippen LogP contribution in [0.4, 0.5) is 0 Å². The molecule has 2 N–H and O–H groups in total. The maximum atomic E-state index is 11.3. The molecule has 0 bridgehead atoms. The van der Waals surface area contributed by atoms with E-state index >= 15 is 0 Å². The zero-order valence-corrected chi connectivity index (χ0v) is 14.8. The molecular weight excluding hydrogens is 336 g/mol. The third kappa shape index (κ3) is 3.04. The van der Waals surface area contributed by atoms with E-state index < -0.39 is 10.0 Å². The number of aromatic amines is 1. The van der Waals surface area contributed by atoms with Gasteiger partial charge >= 0.3 is 0 Å². The number of benzene rings is 1. The summed E-state index contributed by atoms with van der Waals surface area (Å²) in [6.07, 6.45) is 5.00. The number of aromatic nitrogens is 3. The summed E-state index contributed by atoms with van der Waals surface area (Å²) in [4.78, 5) is 7.71. The van der Waals surface area contributed by atoms with E-state index in [1.165, 1.54) is 0 Å². The largest absolute Gasteiger partial charge is 0.350 e. The van der Waals surface area contributed by atoms with Crippen molar-refractivity contribution >= 4 is 32.0 Å². The van der Waals surface area contributed by atoms with Gasteiger partial charge in [-0.1, -0.05) is 6.07 Å². The number of pyridine rings is 1. The molecule has 0 atom stereocenters. The molecule has 4 aromatic rings. The van der Waals surface area contributed by atoms with Crippen LogP contribution in [0.25, 0.3) is 33.2 Å². The van der Waals surface area contributed by atoms with Crippen LogP contribution in [0, 0.1) is 0 Å². The van der Waals surface area contributed by atoms with Gasteiger partial charge in [-0.2, -0.15) is 0 Å². The monoisotopic (exact) mass is 354 g/mol. The average molecular weight is 354 g/mol. The van der Waals surface area contributed by atoms with Crippen LogP contribution < -0.4 is 4.72 Å². The molecule has 0 aliphatic rings. The van der Waals surface area contributed by atoms with Gasteiger partial charge < -0.3 is 9.55 Å². The highest BCUT2D eigenvalue weighted by molar-refractivity contribution is 7.88. The number of hydrogen-bond donors (Lipinski definition) is 2. The van der Waals surface area contributed by atoms with E-state index in [1.807, 2.05) is 37.4 Å². The Labute approximate surface area is 145 Å². The summed E-state index contributed by atoms with van der Waals surface area (Å²) in [5.41, 5.74) is 4.91. The second-order valence-corrected chi connectivity index (χ2v) is 8.06. The fraction of sp³-hybridized carbons (Fsp3) is 0.167. The lowest BCUT2D eigenvalue weighted by atomic mass is 10.1. The molecule has 128 valence electrons. The van der Waals surface area contributed by atoms with E-state index in [2.05, 4.69) is 31.5 Å². The minimum atomic E-state index is -3.22. The predicted molar refractivity (Wildman–Crippen MR) is 99.7 cm³/mol. The van der Waals surface area contributed by atoms with Crippen molar-refractivity contribution in [3.05, 3.63) is 54.4 Å². The van der Waals surface area contributed by atoms with Gasteiger partial charge in [0.2, 0.25) is 10.0 Å². The summed E-state index contributed by atoms with van der Waals surface area (Å²) < 4.78 is 27.3. The number of rotatable bonds is 4. The first kappa shape index (κ1) is 15.9. The van der Waals surface area contributed by atoms with Crippen molar-refractivity contribution in [2.75, 3.05) is 6.26 Å². The van der Waals surface area contributed by atoms with Crippen molar-refractivity contribution in [3.8, 4) is 11.3 Å². The van der Waals surface area contributed by atoms with Crippen molar-refractivity contribution in [1.29, 1.82) is 0 Å². The molecule has 0 amide bonds. The normalized spacial score (nSPS) is 12.2. The van der Waals surface area contributed by atoms with Crippen molar-refractivity contribution in [3.63, 3.8) is 0 Å². The number of H-pyrrole nitrogens is 1. The summed E-state index contributed by atoms with van der Waals surface area (Å²) in [6, 6.07) is 12.0. The Balaban J connectivity index is 1.82. The highest BCUT2D eigenvalue weighted by atomic mass is 32.2. The zero-order chi connectivity index (χ0) is 17.6. The molecule has 1 aromatic carbocycles. The molecule has 0 spiro atoms. The van der Waals surface area contributed by atoms with Crippen molar-refractivity contribution in [2.45, 2.75) is 6.54 Å². The molecule has 3 heterocycles. The van der Waals surface area contributed by atoms with Crippen LogP contribution in [0.1, 0.15) is 5.56 Å². The molecule has 4 rings (SSSR count). The number of nitrogens with zero attached hydrogens (tertiary/aromatic N) is 2. The highest BCUT2D eigenvalue weighted by Gasteiger charge is 2.12. The smallest absolute Gasteiger partial charge is 0.209 e. The number of aryl methyl sites for hydroxylation is 1. The first-order valence-corrected chi connectivity index (χ1v) is 9.76. The molecule has 25 heavy (non-hydrogen) atoms. The SMILES string of the molecule is Cn1cc(-c2cc3cccnc3[nH]2)c2cc(CNS(C)(=O)=O)ccc21. The minimum Gasteiger partial charge on any atom is -0.350 e. The molecule has 0 fully saturated rings. The van der Waals surface area contributed by atoms with E-state index in [0.29, 0.717) is 0 Å². The average Bonchev–Trinajstić information content (AvgIpc) is 3.13. The Morgan fingerprint density at radius 3 is 2.84 bits per heavy atom. The minimum absolute atomic E-state index is 0.275. The van der Waals surface area contributed by atoms with Crippen LogP contribution in [0.15, 0.2) is 48.8 Å². The molecular formula is C18H18N4O2S. The van der Waals surface area contributed by atoms with Gasteiger partial charge in [0.15, 0.2) is 0 Å². The van der Waals surface area contributed by atoms with Crippen LogP contribution >= 0.6 is 0 Å². The standard InChI is InChI=1S/C18H18N4O2S/c1-22-11-15(16-9-13-4-3-7-19-18(13)21-16)14-8-12(5-6-17(14)22)10-20-25(2,23)24/h3-9,11,20H,10H2,1-2H3,(H,19,21). The van der Waals surface area contributed by atoms with Crippen LogP contribution in [0.5, 0.6) is 0 Å². The molecule has 6 nitrogen and oxygen atoms in total. The fourth-order valence-electron chi connectivity index (χ4n) is 3.08. The van der Waals surface area contributed by atoms with Crippen molar-refractivity contribution < 1.29 is 8.42 Å². The van der Waals surface area contributed by atoms with Gasteiger partial charge in [-0.05, 0) is 35.9 Å². The molecule has 0 aliphatic carbocycles. The summed E-state index contributed by atoms with van der Waals surface area (Å²) in [5.74, 6) is 0. The molecule has 0 saturated heterocycles. The van der Waals surface area contributed by atoms with Crippen LogP contribution in [-0.2, 0) is 23.6 Å². The highest BCUT2D eigenvalue weighted by Crippen LogP contribution is 2.32. The van der Waals surface area contributed by atoms with Crippen LogP contribution in [-0.4, -0.2) is 29.2 Å². The molecule has 0 saturated carbocycles. The molecule has 3 aromatic heterocycles. The Bertz CT molecular complexity index is 1160. The third-order valence-electron chi connectivity index (χ3n) is 4.27. The summed E-state index contributed by atoms with van der Waals surface area (Å²) >= 11 is 0. The second kappa shape index (κ2) is 5.72. The Hall–Kier alpha value is -2.64. The van der Waals surface area contributed by atoms with Gasteiger partial charge in [0.05, 0.1) is 6.26 Å². The first-order chi connectivity index (χ1) is 11.9. The Kier molecular flexibility index (Phi) is 3.63. The lowest BCUT2D eigenvalue weighted by molar-refractivity contribution is 0.587. The topological polar surface area (TPSA) is 79.8 Å². The molecule has 0 aliphatic heterocycles. The summed E-state index contributed by atoms with van der Waals surface area (Å²) in [6.45, 7) is 0.275. The van der Waals surface area contributed by atoms with Crippen LogP contribution in [0.3, 0.4) is 0 Å². The van der Waals surface area contributed by atoms with Crippen molar-refractivity contribution in [1.82, 2.24) is 19.3 Å². The summed E-state index contributed by atoms with van der Waals surface area (Å²) in [5, 5.41) is 2.13. The molecule has 0 unspecified atom stereocenters. The van der Waals surface area contributed by atoms with E-state index in [4.69, 9.17) is 0 Å². The zero-order valence-electron chi connectivity index (χ0n) is 13.9. The predicted octanol–water partition coefficient (Wildman–Crippen LogP) is 2.77. The van der Waals surface area contributed by atoms with Gasteiger partial charge in [0, 0.05) is 53.5 Å². The van der Waals surface area contributed by atoms with Gasteiger partial charge in [-0.3, -0.25) is 0 Å². The lowest BCUT2D eigenvalue weighted by Gasteiger charge is -2.04. The van der Waals surface area contributed by atoms with E-state index in [0.717, 1.165) is 45.0 Å². The van der Waals surface area contributed by atoms with E-state index in [1.54, 1.807) is 6.20 Å². The summed E-state index contributed by atoms with van der Waals surface area (Å²) in [7, 11) is -1.22. The molecule has 7 heteroatoms. The molecule has 0 radical (unpaired) electrons. The van der Waals surface area contributed by atoms with Gasteiger partial charge in [0.1, 0.15) is 5.65 Å². The number of hydrogen-bond acceptors (Lipinski definition) is 3. The van der Waals surface area contributed by atoms with Crippen molar-refractivity contribution in [2.24, 2.45) is 7.05 Å². The van der Waals surface area contributed by atoms with Crippen LogP contribution in [0.2, 0.25) is 0 Å². The van der Waals surface area contributed by atoms with Gasteiger partial charge in [0.25, 0.3) is 0 Å². The quantitative estimate of drug-likeness (QED) is 0.591. The van der Waals surface area contributed by atoms with E-state index in [-0.39, 0.29) is 6.54 Å². The van der Waals surface area contributed by atoms with E-state index in [9.17, 15) is 8.42 Å². The lowest BCUT2D eigenvalue weighted by Crippen LogP contribution is -2.21. The first-order valence-electron chi connectivity index (χ1n) is 7.87. The van der Waals surface area contributed by atoms with Gasteiger partial charge in [-0.25, -0.2) is 18.1 Å². The number of sulfonamides is 1. The Morgan fingerprint density at radius 1 is 1.24 bits per heavy atom. The number of fused-ring (bicyclic) bond motifs is 2. The maximum absolute atomic E-state index is 11.3. The number of nitrogens with one attached hydrogen (secondary N) is 2. The van der Waals surface area contributed by atoms with Gasteiger partial charge in [-0.15, -0.1) is 0 Å². The Morgan fingerprint density at radius 2 is 2.08 bits per heavy atom. The third-order valence-corrected chi connectivity index (χ3v) is 4.94.